The molecule has 2 atom stereocenters. The van der Waals surface area contributed by atoms with Crippen molar-refractivity contribution in [2.75, 3.05) is 26.7 Å². The van der Waals surface area contributed by atoms with Gasteiger partial charge in [0.05, 0.1) is 17.2 Å². The average molecular weight is 548 g/mol. The minimum Gasteiger partial charge on any atom is -0.357 e. The highest BCUT2D eigenvalue weighted by Gasteiger charge is 2.31. The van der Waals surface area contributed by atoms with Gasteiger partial charge >= 0.3 is 0 Å². The first kappa shape index (κ1) is 24.6. The van der Waals surface area contributed by atoms with Crippen LogP contribution in [0.15, 0.2) is 27.9 Å². The standard InChI is InChI=1S/C21H33N5S2.HI/c1-5-22-21(24-13-17-14-28-20(25-17)15(2)3)23-12-16-8-6-10-26(4)19(16)18-9-7-11-27-18;/h7,9,11,14-16,19H,5-6,8,10,12-13H2,1-4H3,(H2,22,23,24);1H. The predicted octanol–water partition coefficient (Wildman–Crippen LogP) is 5.08. The summed E-state index contributed by atoms with van der Waals surface area (Å²) in [6, 6.07) is 4.94. The van der Waals surface area contributed by atoms with Crippen LogP contribution in [0.2, 0.25) is 0 Å². The number of aliphatic imine (C=N–C) groups is 1. The second kappa shape index (κ2) is 12.2. The minimum atomic E-state index is 0. The zero-order valence-corrected chi connectivity index (χ0v) is 21.8. The Labute approximate surface area is 200 Å². The van der Waals surface area contributed by atoms with Gasteiger partial charge in [0, 0.05) is 35.3 Å². The van der Waals surface area contributed by atoms with Gasteiger partial charge in [-0.3, -0.25) is 4.90 Å². The monoisotopic (exact) mass is 547 g/mol. The fourth-order valence-corrected chi connectivity index (χ4v) is 5.58. The number of nitrogens with one attached hydrogen (secondary N) is 2. The Morgan fingerprint density at radius 3 is 2.83 bits per heavy atom. The van der Waals surface area contributed by atoms with Gasteiger partial charge in [-0.25, -0.2) is 9.98 Å². The highest BCUT2D eigenvalue weighted by Crippen LogP contribution is 2.36. The molecule has 2 N–H and O–H groups in total. The molecule has 0 spiro atoms. The van der Waals surface area contributed by atoms with Crippen LogP contribution < -0.4 is 10.6 Å². The van der Waals surface area contributed by atoms with Crippen LogP contribution in [0.4, 0.5) is 0 Å². The molecule has 0 radical (unpaired) electrons. The van der Waals surface area contributed by atoms with Crippen molar-refractivity contribution < 1.29 is 0 Å². The molecule has 2 aromatic rings. The first-order chi connectivity index (χ1) is 13.6. The lowest BCUT2D eigenvalue weighted by Gasteiger charge is -2.39. The molecular formula is C21H34IN5S2. The molecule has 2 unspecified atom stereocenters. The fourth-order valence-electron chi connectivity index (χ4n) is 3.77. The van der Waals surface area contributed by atoms with Crippen molar-refractivity contribution in [3.63, 3.8) is 0 Å². The first-order valence-electron chi connectivity index (χ1n) is 10.3. The van der Waals surface area contributed by atoms with Gasteiger partial charge in [0.2, 0.25) is 0 Å². The van der Waals surface area contributed by atoms with Crippen molar-refractivity contribution in [2.45, 2.75) is 52.1 Å². The van der Waals surface area contributed by atoms with Gasteiger partial charge < -0.3 is 10.6 Å². The lowest BCUT2D eigenvalue weighted by Crippen LogP contribution is -2.44. The molecule has 1 aliphatic rings. The number of hydrogen-bond acceptors (Lipinski definition) is 5. The van der Waals surface area contributed by atoms with Crippen molar-refractivity contribution in [1.29, 1.82) is 0 Å². The predicted molar refractivity (Wildman–Crippen MR) is 137 cm³/mol. The van der Waals surface area contributed by atoms with Crippen LogP contribution in [0.1, 0.15) is 61.2 Å². The number of nitrogens with zero attached hydrogens (tertiary/aromatic N) is 3. The first-order valence-corrected chi connectivity index (χ1v) is 12.0. The molecule has 1 fully saturated rings. The fraction of sp³-hybridized carbons (Fsp3) is 0.619. The van der Waals surface area contributed by atoms with E-state index >= 15 is 0 Å². The Morgan fingerprint density at radius 1 is 1.34 bits per heavy atom. The number of thiophene rings is 1. The molecular weight excluding hydrogens is 513 g/mol. The number of guanidine groups is 1. The van der Waals surface area contributed by atoms with E-state index in [1.165, 1.54) is 29.3 Å². The number of thiazole rings is 1. The zero-order valence-electron chi connectivity index (χ0n) is 17.9. The summed E-state index contributed by atoms with van der Waals surface area (Å²) in [5, 5.41) is 12.5. The zero-order chi connectivity index (χ0) is 19.9. The van der Waals surface area contributed by atoms with Gasteiger partial charge in [-0.1, -0.05) is 19.9 Å². The number of likely N-dealkylation sites (tertiary alicyclic amines) is 1. The molecule has 162 valence electrons. The van der Waals surface area contributed by atoms with Crippen molar-refractivity contribution in [3.8, 4) is 0 Å². The van der Waals surface area contributed by atoms with Gasteiger partial charge in [-0.2, -0.15) is 0 Å². The third-order valence-electron chi connectivity index (χ3n) is 5.18. The lowest BCUT2D eigenvalue weighted by molar-refractivity contribution is 0.125. The van der Waals surface area contributed by atoms with Gasteiger partial charge in [0.15, 0.2) is 5.96 Å². The number of piperidine rings is 1. The number of halogens is 1. The molecule has 0 aliphatic carbocycles. The van der Waals surface area contributed by atoms with Crippen LogP contribution in [0, 0.1) is 5.92 Å². The Balaban J connectivity index is 0.00000300. The van der Waals surface area contributed by atoms with E-state index in [0.29, 0.717) is 24.4 Å². The van der Waals surface area contributed by atoms with Gasteiger partial charge in [-0.15, -0.1) is 46.7 Å². The van der Waals surface area contributed by atoms with E-state index < -0.39 is 0 Å². The van der Waals surface area contributed by atoms with Gasteiger partial charge in [0.25, 0.3) is 0 Å². The van der Waals surface area contributed by atoms with Crippen molar-refractivity contribution >= 4 is 52.6 Å². The summed E-state index contributed by atoms with van der Waals surface area (Å²) in [5.41, 5.74) is 1.06. The van der Waals surface area contributed by atoms with Crippen LogP contribution in [0.25, 0.3) is 0 Å². The molecule has 8 heteroatoms. The Kier molecular flexibility index (Phi) is 10.3. The maximum atomic E-state index is 4.78. The number of aromatic nitrogens is 1. The maximum Gasteiger partial charge on any atom is 0.191 e. The summed E-state index contributed by atoms with van der Waals surface area (Å²) in [5.74, 6) is 1.96. The highest BCUT2D eigenvalue weighted by molar-refractivity contribution is 14.0. The van der Waals surface area contributed by atoms with E-state index in [2.05, 4.69) is 66.2 Å². The van der Waals surface area contributed by atoms with E-state index in [-0.39, 0.29) is 24.0 Å². The Bertz CT molecular complexity index is 744. The highest BCUT2D eigenvalue weighted by atomic mass is 127. The molecule has 2 aromatic heterocycles. The molecule has 5 nitrogen and oxygen atoms in total. The largest absolute Gasteiger partial charge is 0.357 e. The third kappa shape index (κ3) is 6.90. The molecule has 0 aromatic carbocycles. The lowest BCUT2D eigenvalue weighted by atomic mass is 9.88. The number of rotatable bonds is 7. The molecule has 3 rings (SSSR count). The van der Waals surface area contributed by atoms with Crippen LogP contribution >= 0.6 is 46.7 Å². The second-order valence-electron chi connectivity index (χ2n) is 7.75. The molecule has 1 saturated heterocycles. The topological polar surface area (TPSA) is 52.6 Å². The van der Waals surface area contributed by atoms with Crippen molar-refractivity contribution in [1.82, 2.24) is 20.5 Å². The van der Waals surface area contributed by atoms with E-state index in [9.17, 15) is 0 Å². The van der Waals surface area contributed by atoms with E-state index in [0.717, 1.165) is 24.7 Å². The van der Waals surface area contributed by atoms with Crippen LogP contribution in [0.3, 0.4) is 0 Å². The number of hydrogen-bond donors (Lipinski definition) is 2. The van der Waals surface area contributed by atoms with E-state index in [4.69, 9.17) is 9.98 Å². The van der Waals surface area contributed by atoms with Crippen LogP contribution in [0.5, 0.6) is 0 Å². The second-order valence-corrected chi connectivity index (χ2v) is 9.62. The summed E-state index contributed by atoms with van der Waals surface area (Å²) in [7, 11) is 2.25. The minimum absolute atomic E-state index is 0. The summed E-state index contributed by atoms with van der Waals surface area (Å²) in [4.78, 5) is 13.5. The van der Waals surface area contributed by atoms with E-state index in [1.807, 2.05) is 11.3 Å². The Morgan fingerprint density at radius 2 is 2.17 bits per heavy atom. The summed E-state index contributed by atoms with van der Waals surface area (Å²) < 4.78 is 0. The Hall–Kier alpha value is -0.710. The average Bonchev–Trinajstić information content (AvgIpc) is 3.36. The SMILES string of the molecule is CCNC(=NCc1csc(C(C)C)n1)NCC1CCCN(C)C1c1cccs1.I. The molecule has 29 heavy (non-hydrogen) atoms. The van der Waals surface area contributed by atoms with Crippen molar-refractivity contribution in [3.05, 3.63) is 38.5 Å². The van der Waals surface area contributed by atoms with E-state index in [1.54, 1.807) is 11.3 Å². The summed E-state index contributed by atoms with van der Waals surface area (Å²) in [6.07, 6.45) is 2.51. The van der Waals surface area contributed by atoms with Crippen LogP contribution in [-0.4, -0.2) is 42.5 Å². The van der Waals surface area contributed by atoms with Crippen LogP contribution in [-0.2, 0) is 6.54 Å². The maximum absolute atomic E-state index is 4.78. The normalized spacial score (nSPS) is 20.5. The summed E-state index contributed by atoms with van der Waals surface area (Å²) >= 11 is 3.60. The smallest absolute Gasteiger partial charge is 0.191 e. The molecule has 3 heterocycles. The molecule has 0 saturated carbocycles. The third-order valence-corrected chi connectivity index (χ3v) is 7.32. The molecule has 1 aliphatic heterocycles. The van der Waals surface area contributed by atoms with Crippen molar-refractivity contribution in [2.24, 2.45) is 10.9 Å². The van der Waals surface area contributed by atoms with Gasteiger partial charge in [-0.05, 0) is 50.7 Å². The summed E-state index contributed by atoms with van der Waals surface area (Å²) in [6.45, 7) is 10.1. The van der Waals surface area contributed by atoms with Gasteiger partial charge in [0.1, 0.15) is 0 Å². The quantitative estimate of drug-likeness (QED) is 0.288. The molecule has 0 amide bonds. The molecule has 0 bridgehead atoms.